The summed E-state index contributed by atoms with van der Waals surface area (Å²) in [6.07, 6.45) is 3.60. The Morgan fingerprint density at radius 1 is 1.06 bits per heavy atom. The molecule has 168 valence electrons. The maximum absolute atomic E-state index is 13.9. The number of anilines is 1. The van der Waals surface area contributed by atoms with Crippen LogP contribution in [0.5, 0.6) is 5.75 Å². The van der Waals surface area contributed by atoms with E-state index in [1.165, 1.54) is 17.0 Å². The fourth-order valence-electron chi connectivity index (χ4n) is 3.43. The van der Waals surface area contributed by atoms with Gasteiger partial charge in [-0.05, 0) is 47.5 Å². The number of halogens is 1. The molecule has 0 unspecified atom stereocenters. The summed E-state index contributed by atoms with van der Waals surface area (Å²) in [5.74, 6) is 1.21. The van der Waals surface area contributed by atoms with Gasteiger partial charge in [0, 0.05) is 44.5 Å². The number of carbonyl (C=O) groups is 1. The van der Waals surface area contributed by atoms with E-state index in [-0.39, 0.29) is 24.8 Å². The van der Waals surface area contributed by atoms with Gasteiger partial charge in [0.25, 0.3) is 0 Å². The lowest BCUT2D eigenvalue weighted by molar-refractivity contribution is -0.129. The van der Waals surface area contributed by atoms with E-state index in [1.807, 2.05) is 30.3 Å². The van der Waals surface area contributed by atoms with Gasteiger partial charge in [0.15, 0.2) is 5.82 Å². The number of nitrogens with zero attached hydrogens (tertiary/aromatic N) is 4. The molecule has 2 aromatic carbocycles. The second kappa shape index (κ2) is 9.60. The van der Waals surface area contributed by atoms with Crippen LogP contribution >= 0.6 is 0 Å². The van der Waals surface area contributed by atoms with Crippen LogP contribution in [0.3, 0.4) is 0 Å². The first-order valence-corrected chi connectivity index (χ1v) is 10.5. The largest absolute Gasteiger partial charge is 0.491 e. The minimum atomic E-state index is -0.330. The molecule has 8 heteroatoms. The van der Waals surface area contributed by atoms with Crippen molar-refractivity contribution in [3.63, 3.8) is 0 Å². The van der Waals surface area contributed by atoms with Crippen molar-refractivity contribution < 1.29 is 13.9 Å². The van der Waals surface area contributed by atoms with Crippen LogP contribution in [0.2, 0.25) is 0 Å². The summed E-state index contributed by atoms with van der Waals surface area (Å²) in [6.45, 7) is 0.180. The van der Waals surface area contributed by atoms with Gasteiger partial charge >= 0.3 is 0 Å². The van der Waals surface area contributed by atoms with Gasteiger partial charge in [-0.15, -0.1) is 0 Å². The van der Waals surface area contributed by atoms with Gasteiger partial charge in [0.1, 0.15) is 22.9 Å². The van der Waals surface area contributed by atoms with E-state index in [1.54, 1.807) is 39.6 Å². The van der Waals surface area contributed by atoms with Crippen molar-refractivity contribution in [2.45, 2.75) is 6.42 Å². The molecule has 0 saturated carbocycles. The van der Waals surface area contributed by atoms with E-state index in [0.29, 0.717) is 28.5 Å². The number of carbonyl (C=O) groups excluding carboxylic acids is 1. The van der Waals surface area contributed by atoms with Gasteiger partial charge in [0.2, 0.25) is 5.91 Å². The molecule has 0 aliphatic heterocycles. The lowest BCUT2D eigenvalue weighted by atomic mass is 10.0. The fourth-order valence-corrected chi connectivity index (χ4v) is 3.43. The molecule has 2 heterocycles. The number of benzene rings is 2. The highest BCUT2D eigenvalue weighted by molar-refractivity contribution is 5.97. The molecular formula is C25H24FN5O2. The third-order valence-corrected chi connectivity index (χ3v) is 5.15. The van der Waals surface area contributed by atoms with Crippen molar-refractivity contribution in [2.75, 3.05) is 33.1 Å². The number of fused-ring (bicyclic) bond motifs is 1. The summed E-state index contributed by atoms with van der Waals surface area (Å²) in [4.78, 5) is 27.1. The summed E-state index contributed by atoms with van der Waals surface area (Å²) in [7, 11) is 5.18. The smallest absolute Gasteiger partial charge is 0.225 e. The average Bonchev–Trinajstić information content (AvgIpc) is 2.83. The molecule has 0 radical (unpaired) electrons. The molecular weight excluding hydrogens is 421 g/mol. The van der Waals surface area contributed by atoms with Crippen LogP contribution < -0.4 is 10.1 Å². The van der Waals surface area contributed by atoms with E-state index in [4.69, 9.17) is 9.72 Å². The van der Waals surface area contributed by atoms with E-state index >= 15 is 0 Å². The third-order valence-electron chi connectivity index (χ3n) is 5.15. The zero-order valence-corrected chi connectivity index (χ0v) is 18.7. The van der Waals surface area contributed by atoms with E-state index in [9.17, 15) is 9.18 Å². The molecule has 0 fully saturated rings. The molecule has 1 amide bonds. The van der Waals surface area contributed by atoms with E-state index < -0.39 is 0 Å². The van der Waals surface area contributed by atoms with Gasteiger partial charge in [-0.1, -0.05) is 12.1 Å². The highest BCUT2D eigenvalue weighted by Crippen LogP contribution is 2.36. The van der Waals surface area contributed by atoms with Crippen molar-refractivity contribution >= 4 is 22.6 Å². The minimum absolute atomic E-state index is 0.0396. The number of pyridine rings is 1. The van der Waals surface area contributed by atoms with Gasteiger partial charge in [-0.3, -0.25) is 9.78 Å². The molecule has 4 aromatic rings. The second-order valence-electron chi connectivity index (χ2n) is 7.66. The molecule has 33 heavy (non-hydrogen) atoms. The lowest BCUT2D eigenvalue weighted by Gasteiger charge is -2.16. The van der Waals surface area contributed by atoms with Crippen molar-refractivity contribution in [2.24, 2.45) is 0 Å². The van der Waals surface area contributed by atoms with E-state index in [2.05, 4.69) is 15.3 Å². The number of nitrogens with one attached hydrogen (secondary N) is 1. The highest BCUT2D eigenvalue weighted by Gasteiger charge is 2.16. The maximum atomic E-state index is 13.9. The summed E-state index contributed by atoms with van der Waals surface area (Å²) in [5.41, 5.74) is 2.80. The Bertz CT molecular complexity index is 1290. The molecule has 0 aliphatic rings. The average molecular weight is 445 g/mol. The Morgan fingerprint density at radius 2 is 1.88 bits per heavy atom. The SMILES string of the molecule is CNc1nc(-c2cccnc2)nc2c(OCCC(=O)N(C)C)cc(-c3cccc(F)c3)cc12. The van der Waals surface area contributed by atoms with Crippen LogP contribution in [0.15, 0.2) is 60.9 Å². The van der Waals surface area contributed by atoms with Gasteiger partial charge in [-0.25, -0.2) is 14.4 Å². The lowest BCUT2D eigenvalue weighted by Crippen LogP contribution is -2.23. The molecule has 7 nitrogen and oxygen atoms in total. The zero-order chi connectivity index (χ0) is 23.4. The normalized spacial score (nSPS) is 10.8. The standard InChI is InChI=1S/C25H24FN5O2/c1-27-25-20-13-18(16-6-4-8-19(26)12-16)14-21(33-11-9-22(32)31(2)3)23(20)29-24(30-25)17-7-5-10-28-15-17/h4-8,10,12-15H,9,11H2,1-3H3,(H,27,29,30). The number of aromatic nitrogens is 3. The Balaban J connectivity index is 1.86. The summed E-state index contributed by atoms with van der Waals surface area (Å²) in [5, 5.41) is 3.85. The van der Waals surface area contributed by atoms with Crippen LogP contribution in [0.25, 0.3) is 33.4 Å². The van der Waals surface area contributed by atoms with Crippen LogP contribution in [-0.4, -0.2) is 53.5 Å². The second-order valence-corrected chi connectivity index (χ2v) is 7.66. The van der Waals surface area contributed by atoms with E-state index in [0.717, 1.165) is 16.5 Å². The number of ether oxygens (including phenoxy) is 1. The summed E-state index contributed by atoms with van der Waals surface area (Å²) in [6, 6.07) is 13.8. The number of hydrogen-bond donors (Lipinski definition) is 1. The minimum Gasteiger partial charge on any atom is -0.491 e. The molecule has 0 aliphatic carbocycles. The van der Waals surface area contributed by atoms with Crippen LogP contribution in [0.1, 0.15) is 6.42 Å². The Morgan fingerprint density at radius 3 is 2.58 bits per heavy atom. The zero-order valence-electron chi connectivity index (χ0n) is 18.7. The third kappa shape index (κ3) is 4.90. The Kier molecular flexibility index (Phi) is 6.44. The molecule has 2 aromatic heterocycles. The maximum Gasteiger partial charge on any atom is 0.225 e. The molecule has 4 rings (SSSR count). The molecule has 0 atom stereocenters. The molecule has 0 saturated heterocycles. The predicted octanol–water partition coefficient (Wildman–Crippen LogP) is 4.40. The van der Waals surface area contributed by atoms with Gasteiger partial charge in [0.05, 0.1) is 13.0 Å². The van der Waals surface area contributed by atoms with Crippen molar-refractivity contribution in [1.82, 2.24) is 19.9 Å². The topological polar surface area (TPSA) is 80.2 Å². The number of amides is 1. The summed E-state index contributed by atoms with van der Waals surface area (Å²) >= 11 is 0. The molecule has 0 bridgehead atoms. The quantitative estimate of drug-likeness (QED) is 0.454. The van der Waals surface area contributed by atoms with Gasteiger partial charge in [-0.2, -0.15) is 0 Å². The Hall–Kier alpha value is -4.07. The Labute approximate surface area is 191 Å². The predicted molar refractivity (Wildman–Crippen MR) is 127 cm³/mol. The number of hydrogen-bond acceptors (Lipinski definition) is 6. The van der Waals surface area contributed by atoms with Crippen molar-refractivity contribution in [1.29, 1.82) is 0 Å². The molecule has 1 N–H and O–H groups in total. The first kappa shape index (κ1) is 22.1. The van der Waals surface area contributed by atoms with Crippen molar-refractivity contribution in [3.05, 3.63) is 66.7 Å². The van der Waals surface area contributed by atoms with Crippen LogP contribution in [0.4, 0.5) is 10.2 Å². The van der Waals surface area contributed by atoms with Crippen LogP contribution in [0, 0.1) is 5.82 Å². The first-order valence-electron chi connectivity index (χ1n) is 10.5. The highest BCUT2D eigenvalue weighted by atomic mass is 19.1. The van der Waals surface area contributed by atoms with Gasteiger partial charge < -0.3 is 15.0 Å². The number of rotatable bonds is 7. The fraction of sp³-hybridized carbons (Fsp3) is 0.200. The first-order chi connectivity index (χ1) is 16.0. The monoisotopic (exact) mass is 445 g/mol. The summed E-state index contributed by atoms with van der Waals surface area (Å²) < 4.78 is 20.0. The van der Waals surface area contributed by atoms with Crippen LogP contribution in [-0.2, 0) is 4.79 Å². The molecule has 0 spiro atoms. The van der Waals surface area contributed by atoms with Crippen molar-refractivity contribution in [3.8, 4) is 28.3 Å².